The molecule has 0 aliphatic carbocycles. The minimum Gasteiger partial charge on any atom is -0.363 e. The minimum atomic E-state index is -0.643. The largest absolute Gasteiger partial charge is 0.363 e. The van der Waals surface area contributed by atoms with Gasteiger partial charge >= 0.3 is 0 Å². The van der Waals surface area contributed by atoms with Gasteiger partial charge in [0.2, 0.25) is 5.82 Å². The molecule has 0 unspecified atom stereocenters. The second-order valence-corrected chi connectivity index (χ2v) is 5.35. The summed E-state index contributed by atoms with van der Waals surface area (Å²) < 4.78 is 1.57. The molecule has 6 nitrogen and oxygen atoms in total. The number of primary amides is 1. The summed E-state index contributed by atoms with van der Waals surface area (Å²) in [4.78, 5) is 23.9. The molecule has 0 fully saturated rings. The minimum absolute atomic E-state index is 0.0951. The monoisotopic (exact) mass is 337 g/mol. The van der Waals surface area contributed by atoms with E-state index in [4.69, 9.17) is 17.3 Å². The summed E-state index contributed by atoms with van der Waals surface area (Å²) in [6.45, 7) is 1.88. The van der Waals surface area contributed by atoms with Gasteiger partial charge in [-0.15, -0.1) is 0 Å². The molecule has 3 heterocycles. The van der Waals surface area contributed by atoms with Crippen LogP contribution in [0.5, 0.6) is 0 Å². The van der Waals surface area contributed by atoms with Crippen molar-refractivity contribution in [1.82, 2.24) is 19.5 Å². The van der Waals surface area contributed by atoms with Gasteiger partial charge in [-0.3, -0.25) is 14.3 Å². The van der Waals surface area contributed by atoms with Crippen LogP contribution in [0.3, 0.4) is 0 Å². The third-order valence-electron chi connectivity index (χ3n) is 3.16. The van der Waals surface area contributed by atoms with E-state index in [1.165, 1.54) is 0 Å². The Morgan fingerprint density at radius 3 is 2.75 bits per heavy atom. The summed E-state index contributed by atoms with van der Waals surface area (Å²) in [6.07, 6.45) is 4.85. The summed E-state index contributed by atoms with van der Waals surface area (Å²) in [5.41, 5.74) is 8.07. The predicted octanol–water partition coefficient (Wildman–Crippen LogP) is 2.12. The number of amides is 1. The third-order valence-corrected chi connectivity index (χ3v) is 3.37. The van der Waals surface area contributed by atoms with Gasteiger partial charge in [-0.25, -0.2) is 9.97 Å². The van der Waals surface area contributed by atoms with Gasteiger partial charge in [0.25, 0.3) is 5.91 Å². The molecule has 0 atom stereocenters. The van der Waals surface area contributed by atoms with Crippen LogP contribution in [0.1, 0.15) is 27.6 Å². The van der Waals surface area contributed by atoms with Crippen molar-refractivity contribution in [1.29, 1.82) is 0 Å². The molecule has 118 valence electrons. The number of carbonyl (C=O) groups is 1. The summed E-state index contributed by atoms with van der Waals surface area (Å²) in [6, 6.07) is 7.04. The highest BCUT2D eigenvalue weighted by molar-refractivity contribution is 6.29. The van der Waals surface area contributed by atoms with E-state index in [2.05, 4.69) is 26.8 Å². The lowest BCUT2D eigenvalue weighted by atomic mass is 10.2. The first kappa shape index (κ1) is 15.7. The maximum Gasteiger partial charge on any atom is 0.285 e. The molecule has 3 aromatic rings. The van der Waals surface area contributed by atoms with E-state index in [-0.39, 0.29) is 5.82 Å². The number of nitrogens with two attached hydrogens (primary N) is 1. The first-order valence-electron chi connectivity index (χ1n) is 6.99. The van der Waals surface area contributed by atoms with E-state index in [0.29, 0.717) is 22.1 Å². The number of hydrogen-bond acceptors (Lipinski definition) is 4. The second-order valence-electron chi connectivity index (χ2n) is 4.96. The Hall–Kier alpha value is -3.17. The topological polar surface area (TPSA) is 86.7 Å². The Labute approximate surface area is 143 Å². The van der Waals surface area contributed by atoms with Crippen molar-refractivity contribution in [2.24, 2.45) is 5.73 Å². The van der Waals surface area contributed by atoms with Crippen LogP contribution in [-0.4, -0.2) is 25.4 Å². The van der Waals surface area contributed by atoms with Crippen molar-refractivity contribution in [3.05, 3.63) is 70.8 Å². The highest BCUT2D eigenvalue weighted by atomic mass is 35.5. The molecule has 0 aromatic carbocycles. The molecule has 0 bridgehead atoms. The van der Waals surface area contributed by atoms with Crippen LogP contribution in [0.25, 0.3) is 5.69 Å². The Morgan fingerprint density at radius 2 is 2.08 bits per heavy atom. The summed E-state index contributed by atoms with van der Waals surface area (Å²) in [5, 5.41) is 0.357. The molecule has 3 rings (SSSR count). The Morgan fingerprint density at radius 1 is 1.25 bits per heavy atom. The maximum atomic E-state index is 11.6. The van der Waals surface area contributed by atoms with Crippen molar-refractivity contribution in [3.63, 3.8) is 0 Å². The molecular formula is C17H12ClN5O. The first-order chi connectivity index (χ1) is 11.5. The van der Waals surface area contributed by atoms with Crippen LogP contribution in [0, 0.1) is 18.8 Å². The molecule has 0 saturated heterocycles. The van der Waals surface area contributed by atoms with Crippen LogP contribution in [0.15, 0.2) is 42.9 Å². The standard InChI is InChI=1S/C17H12ClN5O/c1-11-2-5-14(9-21-11)23-10-13(22-17(23)16(19)24)4-3-12-6-7-20-15(18)8-12/h2,5-10H,1H3,(H2,19,24). The van der Waals surface area contributed by atoms with E-state index in [9.17, 15) is 4.79 Å². The summed E-state index contributed by atoms with van der Waals surface area (Å²) in [5.74, 6) is 5.26. The number of halogens is 1. The molecule has 0 aliphatic rings. The Kier molecular flexibility index (Phi) is 4.27. The molecule has 24 heavy (non-hydrogen) atoms. The van der Waals surface area contributed by atoms with Crippen molar-refractivity contribution in [3.8, 4) is 17.5 Å². The predicted molar refractivity (Wildman–Crippen MR) is 89.8 cm³/mol. The lowest BCUT2D eigenvalue weighted by Crippen LogP contribution is -2.17. The van der Waals surface area contributed by atoms with Crippen molar-refractivity contribution < 1.29 is 4.79 Å². The third kappa shape index (κ3) is 3.42. The van der Waals surface area contributed by atoms with Gasteiger partial charge in [-0.2, -0.15) is 0 Å². The number of aryl methyl sites for hydroxylation is 1. The van der Waals surface area contributed by atoms with E-state index in [1.807, 2.05) is 19.1 Å². The molecule has 1 amide bonds. The summed E-state index contributed by atoms with van der Waals surface area (Å²) >= 11 is 5.82. The molecule has 0 spiro atoms. The van der Waals surface area contributed by atoms with Gasteiger partial charge in [-0.05, 0) is 37.1 Å². The van der Waals surface area contributed by atoms with Crippen LogP contribution < -0.4 is 5.73 Å². The molecule has 0 saturated carbocycles. The number of aromatic nitrogens is 4. The van der Waals surface area contributed by atoms with Crippen molar-refractivity contribution >= 4 is 17.5 Å². The lowest BCUT2D eigenvalue weighted by Gasteiger charge is -2.04. The van der Waals surface area contributed by atoms with Crippen LogP contribution in [0.4, 0.5) is 0 Å². The van der Waals surface area contributed by atoms with Gasteiger partial charge in [-0.1, -0.05) is 17.5 Å². The van der Waals surface area contributed by atoms with Crippen LogP contribution in [0.2, 0.25) is 5.15 Å². The maximum absolute atomic E-state index is 11.6. The number of carbonyl (C=O) groups excluding carboxylic acids is 1. The average molecular weight is 338 g/mol. The SMILES string of the molecule is Cc1ccc(-n2cc(C#Cc3ccnc(Cl)c3)nc2C(N)=O)cn1. The highest BCUT2D eigenvalue weighted by Gasteiger charge is 2.13. The Bertz CT molecular complexity index is 967. The zero-order valence-corrected chi connectivity index (χ0v) is 13.4. The normalized spacial score (nSPS) is 10.1. The number of hydrogen-bond donors (Lipinski definition) is 1. The molecule has 7 heteroatoms. The van der Waals surface area contributed by atoms with Gasteiger partial charge < -0.3 is 5.73 Å². The first-order valence-corrected chi connectivity index (χ1v) is 7.36. The van der Waals surface area contributed by atoms with Gasteiger partial charge in [0, 0.05) is 23.7 Å². The Balaban J connectivity index is 2.01. The van der Waals surface area contributed by atoms with E-state index < -0.39 is 5.91 Å². The molecular weight excluding hydrogens is 326 g/mol. The molecule has 2 N–H and O–H groups in total. The lowest BCUT2D eigenvalue weighted by molar-refractivity contribution is 0.0989. The quantitative estimate of drug-likeness (QED) is 0.573. The van der Waals surface area contributed by atoms with Crippen LogP contribution in [-0.2, 0) is 0 Å². The van der Waals surface area contributed by atoms with E-state index >= 15 is 0 Å². The van der Waals surface area contributed by atoms with Gasteiger partial charge in [0.05, 0.1) is 11.9 Å². The molecule has 0 aliphatic heterocycles. The fourth-order valence-electron chi connectivity index (χ4n) is 2.03. The highest BCUT2D eigenvalue weighted by Crippen LogP contribution is 2.12. The fraction of sp³-hybridized carbons (Fsp3) is 0.0588. The fourth-order valence-corrected chi connectivity index (χ4v) is 2.20. The smallest absolute Gasteiger partial charge is 0.285 e. The number of pyridine rings is 2. The van der Waals surface area contributed by atoms with Gasteiger partial charge in [0.1, 0.15) is 10.8 Å². The number of nitrogens with zero attached hydrogens (tertiary/aromatic N) is 4. The van der Waals surface area contributed by atoms with E-state index in [1.54, 1.807) is 35.3 Å². The summed E-state index contributed by atoms with van der Waals surface area (Å²) in [7, 11) is 0. The molecule has 0 radical (unpaired) electrons. The van der Waals surface area contributed by atoms with Crippen LogP contribution >= 0.6 is 11.6 Å². The number of rotatable bonds is 2. The molecule has 3 aromatic heterocycles. The number of imidazole rings is 1. The van der Waals surface area contributed by atoms with Gasteiger partial charge in [0.15, 0.2) is 0 Å². The zero-order valence-electron chi connectivity index (χ0n) is 12.7. The van der Waals surface area contributed by atoms with E-state index in [0.717, 1.165) is 5.69 Å². The van der Waals surface area contributed by atoms with Crippen molar-refractivity contribution in [2.75, 3.05) is 0 Å². The average Bonchev–Trinajstić information content (AvgIpc) is 2.98. The van der Waals surface area contributed by atoms with Crippen molar-refractivity contribution in [2.45, 2.75) is 6.92 Å². The second kappa shape index (κ2) is 6.52. The zero-order chi connectivity index (χ0) is 17.1.